The molecule has 4 heteroatoms. The molecule has 1 heterocycles. The highest BCUT2D eigenvalue weighted by atomic mass is 127. The van der Waals surface area contributed by atoms with Crippen LogP contribution in [0.1, 0.15) is 0 Å². The molecule has 0 radical (unpaired) electrons. The van der Waals surface area contributed by atoms with Crippen LogP contribution in [0, 0.1) is 0 Å². The van der Waals surface area contributed by atoms with Crippen LogP contribution in [0.25, 0.3) is 22.2 Å². The lowest BCUT2D eigenvalue weighted by Crippen LogP contribution is -3.00. The standard InChI is InChI=1S/C17H15ClNO.HI/c1-19-15-10-6-3-7-12(15)11-16(20-2)17(19)13-8-4-5-9-14(13)18;/h3-11H,1-2H3;1H/q+1;/p-1. The first-order valence-corrected chi connectivity index (χ1v) is 6.81. The zero-order valence-electron chi connectivity index (χ0n) is 11.8. The monoisotopic (exact) mass is 411 g/mol. The van der Waals surface area contributed by atoms with Crippen molar-refractivity contribution in [3.8, 4) is 17.0 Å². The molecule has 0 unspecified atom stereocenters. The van der Waals surface area contributed by atoms with Gasteiger partial charge in [-0.2, -0.15) is 4.57 Å². The normalized spacial score (nSPS) is 10.2. The molecule has 0 aliphatic heterocycles. The van der Waals surface area contributed by atoms with Crippen molar-refractivity contribution in [2.45, 2.75) is 0 Å². The maximum absolute atomic E-state index is 6.34. The zero-order chi connectivity index (χ0) is 14.1. The summed E-state index contributed by atoms with van der Waals surface area (Å²) in [5.41, 5.74) is 3.10. The fraction of sp³-hybridized carbons (Fsp3) is 0.118. The van der Waals surface area contributed by atoms with Crippen molar-refractivity contribution in [1.29, 1.82) is 0 Å². The van der Waals surface area contributed by atoms with E-state index < -0.39 is 0 Å². The molecule has 0 saturated heterocycles. The van der Waals surface area contributed by atoms with Gasteiger partial charge in [-0.05, 0) is 18.2 Å². The van der Waals surface area contributed by atoms with Crippen LogP contribution in [-0.2, 0) is 7.05 Å². The zero-order valence-corrected chi connectivity index (χ0v) is 14.7. The lowest BCUT2D eigenvalue weighted by Gasteiger charge is -2.10. The highest BCUT2D eigenvalue weighted by Gasteiger charge is 2.22. The number of hydrogen-bond donors (Lipinski definition) is 0. The summed E-state index contributed by atoms with van der Waals surface area (Å²) < 4.78 is 7.68. The molecule has 0 spiro atoms. The molecule has 3 rings (SSSR count). The Morgan fingerprint density at radius 2 is 1.67 bits per heavy atom. The molecule has 0 fully saturated rings. The van der Waals surface area contributed by atoms with E-state index in [1.165, 1.54) is 0 Å². The smallest absolute Gasteiger partial charge is 0.256 e. The van der Waals surface area contributed by atoms with Crippen LogP contribution in [0.5, 0.6) is 5.75 Å². The Hall–Kier alpha value is -1.33. The van der Waals surface area contributed by atoms with Gasteiger partial charge >= 0.3 is 0 Å². The first kappa shape index (κ1) is 16.0. The fourth-order valence-electron chi connectivity index (χ4n) is 2.53. The predicted octanol–water partition coefficient (Wildman–Crippen LogP) is 0.997. The number of fused-ring (bicyclic) bond motifs is 1. The third kappa shape index (κ3) is 2.85. The van der Waals surface area contributed by atoms with Crippen molar-refractivity contribution in [3.05, 3.63) is 59.6 Å². The molecule has 0 atom stereocenters. The summed E-state index contributed by atoms with van der Waals surface area (Å²) in [4.78, 5) is 0. The summed E-state index contributed by atoms with van der Waals surface area (Å²) in [5.74, 6) is 0.819. The van der Waals surface area contributed by atoms with E-state index in [4.69, 9.17) is 16.3 Å². The fourth-order valence-corrected chi connectivity index (χ4v) is 2.76. The molecule has 2 nitrogen and oxygen atoms in total. The Labute approximate surface area is 146 Å². The van der Waals surface area contributed by atoms with Crippen LogP contribution in [-0.4, -0.2) is 7.11 Å². The van der Waals surface area contributed by atoms with Crippen molar-refractivity contribution in [1.82, 2.24) is 0 Å². The van der Waals surface area contributed by atoms with E-state index in [0.29, 0.717) is 0 Å². The van der Waals surface area contributed by atoms with Gasteiger partial charge in [0.2, 0.25) is 5.52 Å². The van der Waals surface area contributed by atoms with E-state index >= 15 is 0 Å². The molecule has 0 N–H and O–H groups in total. The number of halogens is 2. The van der Waals surface area contributed by atoms with Gasteiger partial charge in [0.1, 0.15) is 7.05 Å². The maximum Gasteiger partial charge on any atom is 0.256 e. The number of benzene rings is 2. The van der Waals surface area contributed by atoms with Gasteiger partial charge in [-0.15, -0.1) is 0 Å². The maximum atomic E-state index is 6.34. The van der Waals surface area contributed by atoms with Gasteiger partial charge in [-0.1, -0.05) is 35.9 Å². The van der Waals surface area contributed by atoms with Crippen molar-refractivity contribution in [3.63, 3.8) is 0 Å². The van der Waals surface area contributed by atoms with Crippen LogP contribution in [0.3, 0.4) is 0 Å². The van der Waals surface area contributed by atoms with E-state index in [1.807, 2.05) is 49.5 Å². The Balaban J connectivity index is 0.00000161. The molecule has 0 aliphatic rings. The minimum absolute atomic E-state index is 0. The Kier molecular flexibility index (Phi) is 5.06. The van der Waals surface area contributed by atoms with Crippen molar-refractivity contribution >= 4 is 22.5 Å². The number of aromatic nitrogens is 1. The van der Waals surface area contributed by atoms with Crippen LogP contribution in [0.15, 0.2) is 54.6 Å². The minimum Gasteiger partial charge on any atom is -1.00 e. The molecule has 0 bridgehead atoms. The van der Waals surface area contributed by atoms with Crippen molar-refractivity contribution < 1.29 is 33.3 Å². The van der Waals surface area contributed by atoms with Crippen molar-refractivity contribution in [2.24, 2.45) is 7.05 Å². The van der Waals surface area contributed by atoms with Crippen LogP contribution < -0.4 is 33.3 Å². The Morgan fingerprint density at radius 1 is 1.00 bits per heavy atom. The van der Waals surface area contributed by atoms with Crippen LogP contribution >= 0.6 is 11.6 Å². The molecule has 0 aliphatic carbocycles. The minimum atomic E-state index is 0. The average Bonchev–Trinajstić information content (AvgIpc) is 2.48. The summed E-state index contributed by atoms with van der Waals surface area (Å²) in [6, 6.07) is 18.1. The van der Waals surface area contributed by atoms with Crippen molar-refractivity contribution in [2.75, 3.05) is 7.11 Å². The first-order chi connectivity index (χ1) is 9.72. The van der Waals surface area contributed by atoms with E-state index in [2.05, 4.69) is 16.7 Å². The van der Waals surface area contributed by atoms with Gasteiger partial charge in [-0.3, -0.25) is 0 Å². The topological polar surface area (TPSA) is 13.1 Å². The highest BCUT2D eigenvalue weighted by Crippen LogP contribution is 2.33. The van der Waals surface area contributed by atoms with Gasteiger partial charge in [0.25, 0.3) is 5.69 Å². The molecule has 0 saturated carbocycles. The predicted molar refractivity (Wildman–Crippen MR) is 82.1 cm³/mol. The molecule has 21 heavy (non-hydrogen) atoms. The molecule has 0 amide bonds. The summed E-state index contributed by atoms with van der Waals surface area (Å²) in [7, 11) is 3.72. The summed E-state index contributed by atoms with van der Waals surface area (Å²) in [6.45, 7) is 0. The number of ether oxygens (including phenoxy) is 1. The number of hydrogen-bond acceptors (Lipinski definition) is 1. The lowest BCUT2D eigenvalue weighted by atomic mass is 10.1. The first-order valence-electron chi connectivity index (χ1n) is 6.43. The molecule has 108 valence electrons. The molecule has 2 aromatic carbocycles. The van der Waals surface area contributed by atoms with Gasteiger partial charge in [0.05, 0.1) is 23.1 Å². The Morgan fingerprint density at radius 3 is 2.38 bits per heavy atom. The SMILES string of the molecule is COc1cc2ccccc2[n+](C)c1-c1ccccc1Cl.[I-]. The lowest BCUT2D eigenvalue weighted by molar-refractivity contribution is -0.633. The van der Waals surface area contributed by atoms with Gasteiger partial charge < -0.3 is 28.7 Å². The van der Waals surface area contributed by atoms with Crippen LogP contribution in [0.2, 0.25) is 5.02 Å². The summed E-state index contributed by atoms with van der Waals surface area (Å²) in [5, 5.41) is 1.86. The van der Waals surface area contributed by atoms with E-state index in [-0.39, 0.29) is 24.0 Å². The average molecular weight is 412 g/mol. The van der Waals surface area contributed by atoms with E-state index in [0.717, 1.165) is 32.9 Å². The largest absolute Gasteiger partial charge is 1.00 e. The summed E-state index contributed by atoms with van der Waals surface area (Å²) >= 11 is 6.34. The number of rotatable bonds is 2. The van der Waals surface area contributed by atoms with E-state index in [1.54, 1.807) is 7.11 Å². The summed E-state index contributed by atoms with van der Waals surface area (Å²) in [6.07, 6.45) is 0. The molecule has 3 aromatic rings. The second kappa shape index (κ2) is 6.62. The van der Waals surface area contributed by atoms with E-state index in [9.17, 15) is 0 Å². The molecular weight excluding hydrogens is 397 g/mol. The Bertz CT molecular complexity index is 789. The molecule has 1 aromatic heterocycles. The second-order valence-corrected chi connectivity index (χ2v) is 5.07. The third-order valence-electron chi connectivity index (χ3n) is 3.50. The number of methoxy groups -OCH3 is 1. The third-order valence-corrected chi connectivity index (χ3v) is 3.83. The van der Waals surface area contributed by atoms with Crippen LogP contribution in [0.4, 0.5) is 0 Å². The van der Waals surface area contributed by atoms with Gasteiger partial charge in [0, 0.05) is 12.1 Å². The number of para-hydroxylation sites is 1. The van der Waals surface area contributed by atoms with Gasteiger partial charge in [-0.25, -0.2) is 0 Å². The highest BCUT2D eigenvalue weighted by molar-refractivity contribution is 6.33. The number of aryl methyl sites for hydroxylation is 1. The number of nitrogens with zero attached hydrogens (tertiary/aromatic N) is 1. The molecular formula is C17H15ClINO. The second-order valence-electron chi connectivity index (χ2n) is 4.66. The van der Waals surface area contributed by atoms with Gasteiger partial charge in [0.15, 0.2) is 5.75 Å². The number of pyridine rings is 1. The quantitative estimate of drug-likeness (QED) is 0.453.